The van der Waals surface area contributed by atoms with E-state index in [2.05, 4.69) is 15.1 Å². The molecule has 0 atom stereocenters. The molecule has 0 radical (unpaired) electrons. The monoisotopic (exact) mass is 575 g/mol. The highest BCUT2D eigenvalue weighted by atomic mass is 127. The number of rotatable bonds is 10. The van der Waals surface area contributed by atoms with E-state index < -0.39 is 10.0 Å². The third-order valence-corrected chi connectivity index (χ3v) is 7.34. The Hall–Kier alpha value is -0.210. The first-order chi connectivity index (χ1) is 14.3. The van der Waals surface area contributed by atoms with Crippen molar-refractivity contribution in [3.63, 3.8) is 0 Å². The molecule has 2 heterocycles. The van der Waals surface area contributed by atoms with Crippen LogP contribution in [-0.4, -0.2) is 117 Å². The topological polar surface area (TPSA) is 97.7 Å². The zero-order chi connectivity index (χ0) is 22.0. The van der Waals surface area contributed by atoms with Gasteiger partial charge < -0.3 is 25.0 Å². The van der Waals surface area contributed by atoms with E-state index in [0.717, 1.165) is 57.9 Å². The Labute approximate surface area is 205 Å². The number of sulfonamides is 1. The highest BCUT2D eigenvalue weighted by molar-refractivity contribution is 14.0. The van der Waals surface area contributed by atoms with Gasteiger partial charge in [0.15, 0.2) is 5.96 Å². The van der Waals surface area contributed by atoms with Crippen molar-refractivity contribution in [1.29, 1.82) is 0 Å². The molecule has 2 N–H and O–H groups in total. The predicted molar refractivity (Wildman–Crippen MR) is 136 cm³/mol. The fourth-order valence-electron chi connectivity index (χ4n) is 3.74. The second-order valence-corrected chi connectivity index (χ2v) is 10.4. The summed E-state index contributed by atoms with van der Waals surface area (Å²) in [5, 5.41) is 12.9. The number of guanidine groups is 1. The van der Waals surface area contributed by atoms with Gasteiger partial charge in [-0.25, -0.2) is 8.42 Å². The van der Waals surface area contributed by atoms with Crippen LogP contribution in [0.25, 0.3) is 0 Å². The minimum absolute atomic E-state index is 0. The number of aliphatic hydroxyl groups excluding tert-OH is 1. The predicted octanol–water partition coefficient (Wildman–Crippen LogP) is 0.789. The summed E-state index contributed by atoms with van der Waals surface area (Å²) in [4.78, 5) is 9.30. The number of halogens is 1. The van der Waals surface area contributed by atoms with Crippen LogP contribution < -0.4 is 5.32 Å². The fourth-order valence-corrected chi connectivity index (χ4v) is 5.03. The lowest BCUT2D eigenvalue weighted by molar-refractivity contribution is 0.0824. The molecule has 0 amide bonds. The lowest BCUT2D eigenvalue weighted by atomic mass is 10.1. The van der Waals surface area contributed by atoms with E-state index in [1.54, 1.807) is 4.31 Å². The van der Waals surface area contributed by atoms with Gasteiger partial charge in [-0.2, -0.15) is 4.31 Å². The van der Waals surface area contributed by atoms with Crippen LogP contribution in [0.4, 0.5) is 0 Å². The van der Waals surface area contributed by atoms with E-state index in [9.17, 15) is 13.5 Å². The zero-order valence-electron chi connectivity index (χ0n) is 19.3. The van der Waals surface area contributed by atoms with Crippen LogP contribution in [0.1, 0.15) is 40.0 Å². The van der Waals surface area contributed by atoms with Crippen molar-refractivity contribution in [1.82, 2.24) is 19.4 Å². The molecule has 0 aromatic carbocycles. The molecule has 11 heteroatoms. The second-order valence-electron chi connectivity index (χ2n) is 8.28. The SMILES string of the molecule is CCNC(=NCCCN1CCC(O)CC1)N1CCN(S(=O)(=O)CCOC(C)C)CC1.I. The Morgan fingerprint density at radius 1 is 1.16 bits per heavy atom. The molecule has 0 aromatic rings. The third-order valence-electron chi connectivity index (χ3n) is 5.51. The van der Waals surface area contributed by atoms with Crippen molar-refractivity contribution in [3.8, 4) is 0 Å². The van der Waals surface area contributed by atoms with Crippen LogP contribution in [0.5, 0.6) is 0 Å². The molecule has 184 valence electrons. The normalized spacial score (nSPS) is 20.2. The van der Waals surface area contributed by atoms with E-state index in [1.165, 1.54) is 0 Å². The molecule has 2 fully saturated rings. The standard InChI is InChI=1S/C20H41N5O4S.HI/c1-4-21-20(22-8-5-9-23-10-6-19(26)7-11-23)24-12-14-25(15-13-24)30(27,28)17-16-29-18(2)3;/h18-19,26H,4-17H2,1-3H3,(H,21,22);1H. The van der Waals surface area contributed by atoms with Gasteiger partial charge in [0, 0.05) is 52.4 Å². The van der Waals surface area contributed by atoms with Crippen LogP contribution in [0, 0.1) is 0 Å². The van der Waals surface area contributed by atoms with E-state index in [1.807, 2.05) is 20.8 Å². The van der Waals surface area contributed by atoms with Crippen molar-refractivity contribution >= 4 is 40.0 Å². The minimum Gasteiger partial charge on any atom is -0.393 e. The number of piperidine rings is 1. The molecule has 0 unspecified atom stereocenters. The van der Waals surface area contributed by atoms with Gasteiger partial charge in [0.2, 0.25) is 10.0 Å². The molecule has 2 saturated heterocycles. The summed E-state index contributed by atoms with van der Waals surface area (Å²) in [6, 6.07) is 0. The molecule has 2 aliphatic rings. The summed E-state index contributed by atoms with van der Waals surface area (Å²) in [6.07, 6.45) is 2.61. The van der Waals surface area contributed by atoms with Crippen molar-refractivity contribution < 1.29 is 18.3 Å². The Kier molecular flexibility index (Phi) is 13.8. The van der Waals surface area contributed by atoms with Crippen LogP contribution >= 0.6 is 24.0 Å². The molecule has 9 nitrogen and oxygen atoms in total. The lowest BCUT2D eigenvalue weighted by Crippen LogP contribution is -2.54. The zero-order valence-corrected chi connectivity index (χ0v) is 22.5. The summed E-state index contributed by atoms with van der Waals surface area (Å²) in [7, 11) is -3.28. The average molecular weight is 576 g/mol. The highest BCUT2D eigenvalue weighted by Gasteiger charge is 2.28. The maximum Gasteiger partial charge on any atom is 0.216 e. The third kappa shape index (κ3) is 10.5. The second kappa shape index (κ2) is 14.8. The van der Waals surface area contributed by atoms with Gasteiger partial charge in [0.25, 0.3) is 0 Å². The number of piperazine rings is 1. The summed E-state index contributed by atoms with van der Waals surface area (Å²) >= 11 is 0. The van der Waals surface area contributed by atoms with E-state index >= 15 is 0 Å². The van der Waals surface area contributed by atoms with Crippen LogP contribution in [0.2, 0.25) is 0 Å². The van der Waals surface area contributed by atoms with Crippen LogP contribution in [0.3, 0.4) is 0 Å². The molecule has 0 bridgehead atoms. The molecular weight excluding hydrogens is 533 g/mol. The molecule has 2 aliphatic heterocycles. The number of ether oxygens (including phenoxy) is 1. The first kappa shape index (κ1) is 28.8. The maximum atomic E-state index is 12.5. The molecule has 0 aromatic heterocycles. The molecule has 2 rings (SSSR count). The highest BCUT2D eigenvalue weighted by Crippen LogP contribution is 2.11. The van der Waals surface area contributed by atoms with Crippen LogP contribution in [-0.2, 0) is 14.8 Å². The lowest BCUT2D eigenvalue weighted by Gasteiger charge is -2.36. The molecule has 0 aliphatic carbocycles. The van der Waals surface area contributed by atoms with E-state index in [0.29, 0.717) is 26.2 Å². The number of aliphatic imine (C=N–C) groups is 1. The van der Waals surface area contributed by atoms with Gasteiger partial charge in [-0.3, -0.25) is 4.99 Å². The number of aliphatic hydroxyl groups is 1. The number of nitrogens with zero attached hydrogens (tertiary/aromatic N) is 4. The number of likely N-dealkylation sites (tertiary alicyclic amines) is 1. The van der Waals surface area contributed by atoms with Crippen LogP contribution in [0.15, 0.2) is 4.99 Å². The van der Waals surface area contributed by atoms with Gasteiger partial charge in [0.1, 0.15) is 0 Å². The fraction of sp³-hybridized carbons (Fsp3) is 0.950. The first-order valence-electron chi connectivity index (χ1n) is 11.3. The smallest absolute Gasteiger partial charge is 0.216 e. The Balaban J connectivity index is 0.00000480. The van der Waals surface area contributed by atoms with Crippen molar-refractivity contribution in [2.75, 3.05) is 71.3 Å². The summed E-state index contributed by atoms with van der Waals surface area (Å²) in [5.41, 5.74) is 0. The molecule has 31 heavy (non-hydrogen) atoms. The summed E-state index contributed by atoms with van der Waals surface area (Å²) in [5.74, 6) is 0.902. The number of hydrogen-bond donors (Lipinski definition) is 2. The van der Waals surface area contributed by atoms with Crippen molar-refractivity contribution in [2.24, 2.45) is 4.99 Å². The minimum atomic E-state index is -3.28. The Morgan fingerprint density at radius 3 is 2.39 bits per heavy atom. The largest absolute Gasteiger partial charge is 0.393 e. The first-order valence-corrected chi connectivity index (χ1v) is 13.0. The van der Waals surface area contributed by atoms with Gasteiger partial charge in [-0.05, 0) is 46.6 Å². The quantitative estimate of drug-likeness (QED) is 0.172. The summed E-state index contributed by atoms with van der Waals surface area (Å²) < 4.78 is 32.0. The van der Waals surface area contributed by atoms with Crippen molar-refractivity contribution in [2.45, 2.75) is 52.2 Å². The van der Waals surface area contributed by atoms with Crippen molar-refractivity contribution in [3.05, 3.63) is 0 Å². The van der Waals surface area contributed by atoms with E-state index in [-0.39, 0.29) is 48.5 Å². The number of nitrogens with one attached hydrogen (secondary N) is 1. The Morgan fingerprint density at radius 2 is 1.81 bits per heavy atom. The number of hydrogen-bond acceptors (Lipinski definition) is 6. The van der Waals surface area contributed by atoms with Gasteiger partial charge in [-0.15, -0.1) is 24.0 Å². The average Bonchev–Trinajstić information content (AvgIpc) is 2.71. The molecule has 0 spiro atoms. The maximum absolute atomic E-state index is 12.5. The van der Waals surface area contributed by atoms with E-state index in [4.69, 9.17) is 9.73 Å². The van der Waals surface area contributed by atoms with Gasteiger partial charge >= 0.3 is 0 Å². The Bertz CT molecular complexity index is 619. The summed E-state index contributed by atoms with van der Waals surface area (Å²) in [6.45, 7) is 12.8. The molecule has 0 saturated carbocycles. The van der Waals surface area contributed by atoms with Gasteiger partial charge in [-0.1, -0.05) is 0 Å². The molecular formula is C20H42IN5O4S. The van der Waals surface area contributed by atoms with Gasteiger partial charge in [0.05, 0.1) is 24.6 Å².